The fraction of sp³-hybridized carbons (Fsp3) is 0.360. The molecule has 2 heterocycles. The molecule has 9 nitrogen and oxygen atoms in total. The fourth-order valence-electron chi connectivity index (χ4n) is 4.10. The number of nitrogens with zero attached hydrogens (tertiary/aromatic N) is 3. The lowest BCUT2D eigenvalue weighted by Gasteiger charge is -2.44. The van der Waals surface area contributed by atoms with Crippen LogP contribution in [0.4, 0.5) is 13.2 Å². The summed E-state index contributed by atoms with van der Waals surface area (Å²) in [7, 11) is 1.44. The van der Waals surface area contributed by atoms with Crippen molar-refractivity contribution >= 4 is 23.7 Å². The SMILES string of the molecule is COC1C(Sc2ccccc2)OC(COC(C)=O)C(OC(C)=O)C1n1cc(-c2cc(F)c(F)c(F)c2)nn1. The number of thioether (sulfide) groups is 1. The first-order valence-electron chi connectivity index (χ1n) is 11.4. The third-order valence-electron chi connectivity index (χ3n) is 5.73. The third kappa shape index (κ3) is 6.17. The summed E-state index contributed by atoms with van der Waals surface area (Å²) < 4.78 is 65.3. The topological polar surface area (TPSA) is 102 Å². The van der Waals surface area contributed by atoms with E-state index in [1.54, 1.807) is 0 Å². The lowest BCUT2D eigenvalue weighted by Crippen LogP contribution is -2.57. The second kappa shape index (κ2) is 12.0. The quantitative estimate of drug-likeness (QED) is 0.304. The Morgan fingerprint density at radius 3 is 2.34 bits per heavy atom. The summed E-state index contributed by atoms with van der Waals surface area (Å²) in [5, 5.41) is 8.10. The highest BCUT2D eigenvalue weighted by Crippen LogP contribution is 2.41. The first kappa shape index (κ1) is 27.6. The largest absolute Gasteiger partial charge is 0.463 e. The maximum atomic E-state index is 13.9. The zero-order valence-electron chi connectivity index (χ0n) is 20.5. The Morgan fingerprint density at radius 2 is 1.74 bits per heavy atom. The normalized spacial score (nSPS) is 23.2. The standard InChI is InChI=1S/C25H24F3N3O6S/c1-13(32)35-12-20-23(36-14(2)33)22(24(34-3)25(37-20)38-16-7-5-4-6-8-16)31-11-19(29-30-31)15-9-17(26)21(28)18(27)10-15/h4-11,20,22-25H,12H2,1-3H3. The summed E-state index contributed by atoms with van der Waals surface area (Å²) in [4.78, 5) is 24.5. The van der Waals surface area contributed by atoms with Crippen LogP contribution in [0.15, 0.2) is 53.6 Å². The number of halogens is 3. The van der Waals surface area contributed by atoms with Gasteiger partial charge in [0.15, 0.2) is 23.6 Å². The number of hydrogen-bond donors (Lipinski definition) is 0. The van der Waals surface area contributed by atoms with E-state index in [2.05, 4.69) is 10.3 Å². The van der Waals surface area contributed by atoms with E-state index in [1.807, 2.05) is 30.3 Å². The molecule has 1 aliphatic rings. The van der Waals surface area contributed by atoms with Crippen molar-refractivity contribution in [1.82, 2.24) is 15.0 Å². The number of carbonyl (C=O) groups is 2. The van der Waals surface area contributed by atoms with Gasteiger partial charge in [-0.05, 0) is 24.3 Å². The molecule has 3 aromatic rings. The second-order valence-corrected chi connectivity index (χ2v) is 9.55. The Labute approximate surface area is 220 Å². The van der Waals surface area contributed by atoms with Crippen molar-refractivity contribution in [3.05, 3.63) is 66.1 Å². The molecule has 5 atom stereocenters. The molecule has 1 aliphatic heterocycles. The van der Waals surface area contributed by atoms with E-state index in [-0.39, 0.29) is 17.9 Å². The molecule has 1 fully saturated rings. The van der Waals surface area contributed by atoms with Gasteiger partial charge in [-0.2, -0.15) is 0 Å². The summed E-state index contributed by atoms with van der Waals surface area (Å²) in [5.74, 6) is -5.56. The van der Waals surface area contributed by atoms with Crippen molar-refractivity contribution in [2.45, 2.75) is 48.5 Å². The summed E-state index contributed by atoms with van der Waals surface area (Å²) in [6.45, 7) is 2.21. The minimum Gasteiger partial charge on any atom is -0.463 e. The molecule has 13 heteroatoms. The summed E-state index contributed by atoms with van der Waals surface area (Å²) >= 11 is 1.33. The number of aromatic nitrogens is 3. The van der Waals surface area contributed by atoms with Gasteiger partial charge in [0, 0.05) is 31.4 Å². The van der Waals surface area contributed by atoms with Crippen LogP contribution < -0.4 is 0 Å². The number of rotatable bonds is 8. The highest BCUT2D eigenvalue weighted by atomic mass is 32.2. The number of methoxy groups -OCH3 is 1. The molecule has 2 aromatic carbocycles. The molecule has 0 bridgehead atoms. The van der Waals surface area contributed by atoms with Gasteiger partial charge in [0.05, 0.1) is 6.20 Å². The molecule has 0 aliphatic carbocycles. The Kier molecular flexibility index (Phi) is 8.69. The third-order valence-corrected chi connectivity index (χ3v) is 6.89. The van der Waals surface area contributed by atoms with Gasteiger partial charge in [0.2, 0.25) is 0 Å². The van der Waals surface area contributed by atoms with Gasteiger partial charge in [-0.3, -0.25) is 9.59 Å². The number of hydrogen-bond acceptors (Lipinski definition) is 9. The smallest absolute Gasteiger partial charge is 0.303 e. The van der Waals surface area contributed by atoms with E-state index in [4.69, 9.17) is 18.9 Å². The lowest BCUT2D eigenvalue weighted by atomic mass is 9.96. The Morgan fingerprint density at radius 1 is 1.05 bits per heavy atom. The molecule has 202 valence electrons. The molecule has 1 saturated heterocycles. The van der Waals surface area contributed by atoms with Gasteiger partial charge >= 0.3 is 11.9 Å². The Balaban J connectivity index is 1.76. The van der Waals surface area contributed by atoms with Crippen LogP contribution in [0.2, 0.25) is 0 Å². The average Bonchev–Trinajstić information content (AvgIpc) is 3.36. The minimum atomic E-state index is -1.60. The molecule has 0 spiro atoms. The van der Waals surface area contributed by atoms with Crippen molar-refractivity contribution in [3.8, 4) is 11.3 Å². The zero-order chi connectivity index (χ0) is 27.4. The average molecular weight is 552 g/mol. The fourth-order valence-corrected chi connectivity index (χ4v) is 5.29. The minimum absolute atomic E-state index is 0.0366. The predicted octanol–water partition coefficient (Wildman–Crippen LogP) is 3.93. The second-order valence-electron chi connectivity index (χ2n) is 8.38. The number of esters is 2. The van der Waals surface area contributed by atoms with Crippen LogP contribution in [0.5, 0.6) is 0 Å². The summed E-state index contributed by atoms with van der Waals surface area (Å²) in [6.07, 6.45) is -1.39. The van der Waals surface area contributed by atoms with Crippen molar-refractivity contribution in [1.29, 1.82) is 0 Å². The number of benzene rings is 2. The van der Waals surface area contributed by atoms with Gasteiger partial charge < -0.3 is 18.9 Å². The van der Waals surface area contributed by atoms with Crippen LogP contribution >= 0.6 is 11.8 Å². The number of carbonyl (C=O) groups excluding carboxylic acids is 2. The van der Waals surface area contributed by atoms with E-state index in [0.717, 1.165) is 17.0 Å². The molecule has 4 rings (SSSR count). The van der Waals surface area contributed by atoms with E-state index < -0.39 is 59.2 Å². The molecular weight excluding hydrogens is 527 g/mol. The van der Waals surface area contributed by atoms with Gasteiger partial charge in [-0.1, -0.05) is 35.2 Å². The van der Waals surface area contributed by atoms with Crippen LogP contribution in [-0.4, -0.2) is 64.4 Å². The van der Waals surface area contributed by atoms with Crippen molar-refractivity contribution < 1.29 is 41.7 Å². The Bertz CT molecular complexity index is 1270. The first-order chi connectivity index (χ1) is 18.2. The van der Waals surface area contributed by atoms with E-state index in [9.17, 15) is 22.8 Å². The predicted molar refractivity (Wildman–Crippen MR) is 128 cm³/mol. The summed E-state index contributed by atoms with van der Waals surface area (Å²) in [5.41, 5.74) is -0.702. The lowest BCUT2D eigenvalue weighted by molar-refractivity contribution is -0.208. The van der Waals surface area contributed by atoms with Crippen LogP contribution in [0, 0.1) is 17.5 Å². The zero-order valence-corrected chi connectivity index (χ0v) is 21.4. The van der Waals surface area contributed by atoms with Crippen LogP contribution in [-0.2, 0) is 28.5 Å². The molecular formula is C25H24F3N3O6S. The van der Waals surface area contributed by atoms with Gasteiger partial charge in [-0.25, -0.2) is 17.9 Å². The number of ether oxygens (including phenoxy) is 4. The van der Waals surface area contributed by atoms with E-state index in [0.29, 0.717) is 0 Å². The van der Waals surface area contributed by atoms with Crippen molar-refractivity contribution in [3.63, 3.8) is 0 Å². The van der Waals surface area contributed by atoms with Crippen LogP contribution in [0.1, 0.15) is 19.9 Å². The first-order valence-corrected chi connectivity index (χ1v) is 12.3. The van der Waals surface area contributed by atoms with Crippen LogP contribution in [0.25, 0.3) is 11.3 Å². The molecule has 0 N–H and O–H groups in total. The molecule has 0 amide bonds. The maximum Gasteiger partial charge on any atom is 0.303 e. The van der Waals surface area contributed by atoms with Gasteiger partial charge in [0.25, 0.3) is 0 Å². The monoisotopic (exact) mass is 551 g/mol. The Hall–Kier alpha value is -3.42. The molecule has 5 unspecified atom stereocenters. The van der Waals surface area contributed by atoms with E-state index >= 15 is 0 Å². The summed E-state index contributed by atoms with van der Waals surface area (Å²) in [6, 6.07) is 10.1. The maximum absolute atomic E-state index is 13.9. The molecule has 0 radical (unpaired) electrons. The molecule has 0 saturated carbocycles. The highest BCUT2D eigenvalue weighted by Gasteiger charge is 2.50. The van der Waals surface area contributed by atoms with E-state index in [1.165, 1.54) is 43.6 Å². The van der Waals surface area contributed by atoms with Gasteiger partial charge in [-0.15, -0.1) is 5.10 Å². The molecule has 1 aromatic heterocycles. The van der Waals surface area contributed by atoms with Crippen LogP contribution in [0.3, 0.4) is 0 Å². The highest BCUT2D eigenvalue weighted by molar-refractivity contribution is 7.99. The van der Waals surface area contributed by atoms with Crippen molar-refractivity contribution in [2.75, 3.05) is 13.7 Å². The van der Waals surface area contributed by atoms with Gasteiger partial charge in [0.1, 0.15) is 36.0 Å². The van der Waals surface area contributed by atoms with Crippen molar-refractivity contribution in [2.24, 2.45) is 0 Å². The molecule has 38 heavy (non-hydrogen) atoms.